The molecule has 1 aliphatic heterocycles. The summed E-state index contributed by atoms with van der Waals surface area (Å²) in [5.74, 6) is 0.244. The highest BCUT2D eigenvalue weighted by molar-refractivity contribution is 5.66. The molecule has 12 heavy (non-hydrogen) atoms. The van der Waals surface area contributed by atoms with E-state index in [0.29, 0.717) is 25.9 Å². The summed E-state index contributed by atoms with van der Waals surface area (Å²) in [4.78, 5) is 15.0. The predicted molar refractivity (Wildman–Crippen MR) is 39.0 cm³/mol. The number of hydrogen-bond donors (Lipinski definition) is 1. The highest BCUT2D eigenvalue weighted by Gasteiger charge is 2.23. The average Bonchev–Trinajstić information content (AvgIpc) is 2.17. The van der Waals surface area contributed by atoms with Gasteiger partial charge in [-0.05, 0) is 18.8 Å². The maximum Gasteiger partial charge on any atom is 0.447 e. The van der Waals surface area contributed by atoms with Crippen LogP contribution in [0.25, 0.3) is 0 Å². The first-order valence-electron chi connectivity index (χ1n) is 3.96. The van der Waals surface area contributed by atoms with Gasteiger partial charge in [0.25, 0.3) is 0 Å². The van der Waals surface area contributed by atoms with Crippen LogP contribution in [0.15, 0.2) is 0 Å². The molecule has 1 N–H and O–H groups in total. The Kier molecular flexibility index (Phi) is 3.28. The number of hydrogen-bond acceptors (Lipinski definition) is 3. The van der Waals surface area contributed by atoms with E-state index in [0.717, 1.165) is 0 Å². The Morgan fingerprint density at radius 1 is 1.58 bits per heavy atom. The molecule has 0 aromatic carbocycles. The summed E-state index contributed by atoms with van der Waals surface area (Å²) >= 11 is 0. The van der Waals surface area contributed by atoms with Gasteiger partial charge in [0.1, 0.15) is 0 Å². The van der Waals surface area contributed by atoms with Crippen molar-refractivity contribution in [2.24, 2.45) is 5.92 Å². The van der Waals surface area contributed by atoms with Gasteiger partial charge >= 0.3 is 6.09 Å². The van der Waals surface area contributed by atoms with Crippen molar-refractivity contribution in [2.75, 3.05) is 19.7 Å². The number of likely N-dealkylation sites (tertiary alicyclic amines) is 1. The van der Waals surface area contributed by atoms with E-state index in [9.17, 15) is 9.32 Å². The molecule has 0 aromatic heterocycles. The second kappa shape index (κ2) is 4.25. The van der Waals surface area contributed by atoms with E-state index in [1.54, 1.807) is 0 Å². The number of amides is 1. The van der Waals surface area contributed by atoms with Crippen LogP contribution >= 0.6 is 0 Å². The molecule has 1 rings (SSSR count). The minimum absolute atomic E-state index is 0.137. The van der Waals surface area contributed by atoms with Crippen molar-refractivity contribution < 1.29 is 19.4 Å². The van der Waals surface area contributed by atoms with Gasteiger partial charge in [-0.1, -0.05) is 0 Å². The zero-order chi connectivity index (χ0) is 8.97. The van der Waals surface area contributed by atoms with Crippen LogP contribution in [0.4, 0.5) is 9.32 Å². The van der Waals surface area contributed by atoms with E-state index < -0.39 is 6.09 Å². The molecule has 4 nitrogen and oxygen atoms in total. The van der Waals surface area contributed by atoms with Gasteiger partial charge in [-0.15, -0.1) is 0 Å². The number of carbonyl (C=O) groups is 1. The largest absolute Gasteiger partial charge is 0.447 e. The van der Waals surface area contributed by atoms with Gasteiger partial charge in [0.05, 0.1) is 0 Å². The van der Waals surface area contributed by atoms with Crippen molar-refractivity contribution in [1.82, 2.24) is 4.90 Å². The molecule has 1 heterocycles. The fourth-order valence-corrected chi connectivity index (χ4v) is 1.35. The Morgan fingerprint density at radius 3 is 2.58 bits per heavy atom. The van der Waals surface area contributed by atoms with Gasteiger partial charge in [-0.2, -0.15) is 0 Å². The van der Waals surface area contributed by atoms with Gasteiger partial charge in [-0.25, -0.2) is 9.74 Å². The molecule has 0 aliphatic carbocycles. The summed E-state index contributed by atoms with van der Waals surface area (Å²) in [6, 6.07) is 0. The number of halogens is 1. The summed E-state index contributed by atoms with van der Waals surface area (Å²) < 4.78 is 11.4. The van der Waals surface area contributed by atoms with Crippen LogP contribution in [-0.2, 0) is 4.94 Å². The highest BCUT2D eigenvalue weighted by Crippen LogP contribution is 2.16. The topological polar surface area (TPSA) is 49.8 Å². The second-order valence-electron chi connectivity index (χ2n) is 2.96. The second-order valence-corrected chi connectivity index (χ2v) is 2.96. The number of nitrogens with zero attached hydrogens (tertiary/aromatic N) is 1. The first-order valence-corrected chi connectivity index (χ1v) is 3.96. The monoisotopic (exact) mass is 177 g/mol. The predicted octanol–water partition coefficient (Wildman–Crippen LogP) is 0.712. The zero-order valence-electron chi connectivity index (χ0n) is 6.70. The molecule has 0 spiro atoms. The Hall–Kier alpha value is -0.840. The van der Waals surface area contributed by atoms with Crippen LogP contribution in [0.5, 0.6) is 0 Å². The van der Waals surface area contributed by atoms with E-state index in [4.69, 9.17) is 5.11 Å². The van der Waals surface area contributed by atoms with Gasteiger partial charge in [-0.3, -0.25) is 0 Å². The molecule has 0 unspecified atom stereocenters. The van der Waals surface area contributed by atoms with Gasteiger partial charge in [0, 0.05) is 24.2 Å². The summed E-state index contributed by atoms with van der Waals surface area (Å²) in [7, 11) is 0. The molecule has 5 heteroatoms. The number of aliphatic hydroxyl groups excluding tert-OH is 1. The molecule has 0 atom stereocenters. The third-order valence-electron chi connectivity index (χ3n) is 2.20. The Morgan fingerprint density at radius 2 is 2.17 bits per heavy atom. The Labute approximate surface area is 69.8 Å². The van der Waals surface area contributed by atoms with Crippen LogP contribution in [0.1, 0.15) is 12.8 Å². The molecule has 0 radical (unpaired) electrons. The normalized spacial score (nSPS) is 19.3. The molecule has 1 aliphatic rings. The van der Waals surface area contributed by atoms with E-state index in [1.807, 2.05) is 0 Å². The van der Waals surface area contributed by atoms with Crippen molar-refractivity contribution in [3.8, 4) is 0 Å². The lowest BCUT2D eigenvalue weighted by atomic mass is 9.98. The maximum atomic E-state index is 11.4. The minimum Gasteiger partial charge on any atom is -0.396 e. The fourth-order valence-electron chi connectivity index (χ4n) is 1.35. The molecule has 1 saturated heterocycles. The van der Waals surface area contributed by atoms with Gasteiger partial charge in [0.15, 0.2) is 0 Å². The Bertz CT molecular complexity index is 157. The average molecular weight is 177 g/mol. The number of carbonyl (C=O) groups excluding carboxylic acids is 1. The van der Waals surface area contributed by atoms with Crippen LogP contribution in [0, 0.1) is 5.92 Å². The first-order chi connectivity index (χ1) is 5.77. The van der Waals surface area contributed by atoms with Crippen molar-refractivity contribution in [2.45, 2.75) is 12.8 Å². The quantitative estimate of drug-likeness (QED) is 0.641. The van der Waals surface area contributed by atoms with Crippen molar-refractivity contribution >= 4 is 6.09 Å². The first kappa shape index (κ1) is 9.25. The standard InChI is InChI=1S/C7H12FNO3/c8-12-7(11)9-3-1-6(5-10)2-4-9/h6,10H,1-5H2. The summed E-state index contributed by atoms with van der Waals surface area (Å²) in [5.41, 5.74) is 0. The minimum atomic E-state index is -0.925. The smallest absolute Gasteiger partial charge is 0.396 e. The lowest BCUT2D eigenvalue weighted by Gasteiger charge is -2.28. The van der Waals surface area contributed by atoms with E-state index >= 15 is 0 Å². The molecule has 0 saturated carbocycles. The highest BCUT2D eigenvalue weighted by atomic mass is 19.3. The maximum absolute atomic E-state index is 11.4. The summed E-state index contributed by atoms with van der Waals surface area (Å²) in [6.45, 7) is 1.07. The van der Waals surface area contributed by atoms with Gasteiger partial charge in [0.2, 0.25) is 0 Å². The van der Waals surface area contributed by atoms with Crippen LogP contribution in [0.2, 0.25) is 0 Å². The number of rotatable bonds is 1. The zero-order valence-corrected chi connectivity index (χ0v) is 6.70. The van der Waals surface area contributed by atoms with Crippen LogP contribution in [-0.4, -0.2) is 35.8 Å². The van der Waals surface area contributed by atoms with E-state index in [2.05, 4.69) is 4.94 Å². The van der Waals surface area contributed by atoms with Crippen molar-refractivity contribution in [1.29, 1.82) is 0 Å². The molecule has 1 fully saturated rings. The molecule has 0 aromatic rings. The van der Waals surface area contributed by atoms with E-state index in [1.165, 1.54) is 4.90 Å². The molecular weight excluding hydrogens is 165 g/mol. The lowest BCUT2D eigenvalue weighted by molar-refractivity contribution is -0.0827. The van der Waals surface area contributed by atoms with Crippen molar-refractivity contribution in [3.63, 3.8) is 0 Å². The van der Waals surface area contributed by atoms with Crippen molar-refractivity contribution in [3.05, 3.63) is 0 Å². The summed E-state index contributed by atoms with van der Waals surface area (Å²) in [5, 5.41) is 8.76. The number of piperidine rings is 1. The SMILES string of the molecule is O=C(OF)N1CCC(CO)CC1. The van der Waals surface area contributed by atoms with Gasteiger partial charge < -0.3 is 10.0 Å². The molecule has 1 amide bonds. The lowest BCUT2D eigenvalue weighted by Crippen LogP contribution is -2.38. The molecule has 0 bridgehead atoms. The molecule has 70 valence electrons. The van der Waals surface area contributed by atoms with Crippen LogP contribution < -0.4 is 0 Å². The third kappa shape index (κ3) is 2.07. The number of aliphatic hydroxyl groups is 1. The molecular formula is C7H12FNO3. The van der Waals surface area contributed by atoms with E-state index in [-0.39, 0.29) is 12.5 Å². The Balaban J connectivity index is 2.30. The van der Waals surface area contributed by atoms with Crippen LogP contribution in [0.3, 0.4) is 0 Å². The third-order valence-corrected chi connectivity index (χ3v) is 2.20. The summed E-state index contributed by atoms with van der Waals surface area (Å²) in [6.07, 6.45) is 0.503. The fraction of sp³-hybridized carbons (Fsp3) is 0.857.